The van der Waals surface area contributed by atoms with Crippen molar-refractivity contribution in [1.82, 2.24) is 5.32 Å². The lowest BCUT2D eigenvalue weighted by molar-refractivity contribution is 0.0132. The van der Waals surface area contributed by atoms with Crippen LogP contribution < -0.4 is 5.32 Å². The largest absolute Gasteiger partial charge is 0.363 e. The van der Waals surface area contributed by atoms with Crippen LogP contribution in [0, 0.1) is 5.41 Å². The predicted molar refractivity (Wildman–Crippen MR) is 46.4 cm³/mol. The highest BCUT2D eigenvalue weighted by Gasteiger charge is 2.62. The summed E-state index contributed by atoms with van der Waals surface area (Å²) in [7, 11) is 1.78. The van der Waals surface area contributed by atoms with Crippen molar-refractivity contribution < 1.29 is 4.74 Å². The Morgan fingerprint density at radius 2 is 1.82 bits per heavy atom. The van der Waals surface area contributed by atoms with Gasteiger partial charge < -0.3 is 4.74 Å². The van der Waals surface area contributed by atoms with E-state index in [2.05, 4.69) is 33.0 Å². The number of nitrogens with one attached hydrogen (secondary N) is 1. The van der Waals surface area contributed by atoms with Gasteiger partial charge in [0, 0.05) is 18.6 Å². The molecule has 66 valence electrons. The molecule has 1 rings (SSSR count). The van der Waals surface area contributed by atoms with Gasteiger partial charge in [-0.05, 0) is 20.3 Å². The van der Waals surface area contributed by atoms with Gasteiger partial charge in [-0.1, -0.05) is 13.8 Å². The van der Waals surface area contributed by atoms with Crippen molar-refractivity contribution in [3.8, 4) is 0 Å². The van der Waals surface area contributed by atoms with Gasteiger partial charge in [-0.3, -0.25) is 5.32 Å². The lowest BCUT2D eigenvalue weighted by Gasteiger charge is -2.23. The van der Waals surface area contributed by atoms with E-state index in [1.807, 2.05) is 0 Å². The zero-order valence-corrected chi connectivity index (χ0v) is 8.19. The van der Waals surface area contributed by atoms with Crippen LogP contribution in [-0.4, -0.2) is 18.9 Å². The van der Waals surface area contributed by atoms with Gasteiger partial charge in [0.25, 0.3) is 0 Å². The average Bonchev–Trinajstić information content (AvgIpc) is 2.33. The number of rotatable bonds is 3. The Bertz CT molecular complexity index is 154. The summed E-state index contributed by atoms with van der Waals surface area (Å²) < 4.78 is 5.46. The second-order valence-electron chi connectivity index (χ2n) is 4.39. The molecule has 0 heterocycles. The molecule has 0 radical (unpaired) electrons. The molecule has 0 amide bonds. The molecular formula is C9H19NO. The summed E-state index contributed by atoms with van der Waals surface area (Å²) in [5, 5.41) is 3.45. The molecule has 1 aliphatic rings. The van der Waals surface area contributed by atoms with Crippen LogP contribution >= 0.6 is 0 Å². The first kappa shape index (κ1) is 9.01. The van der Waals surface area contributed by atoms with Crippen LogP contribution in [0.1, 0.15) is 34.1 Å². The van der Waals surface area contributed by atoms with Crippen LogP contribution in [0.3, 0.4) is 0 Å². The van der Waals surface area contributed by atoms with E-state index in [-0.39, 0.29) is 5.72 Å². The van der Waals surface area contributed by atoms with E-state index in [4.69, 9.17) is 4.74 Å². The quantitative estimate of drug-likeness (QED) is 0.630. The highest BCUT2D eigenvalue weighted by molar-refractivity contribution is 5.10. The fourth-order valence-corrected chi connectivity index (χ4v) is 1.70. The number of ether oxygens (including phenoxy) is 1. The van der Waals surface area contributed by atoms with E-state index in [1.54, 1.807) is 7.11 Å². The topological polar surface area (TPSA) is 21.3 Å². The Morgan fingerprint density at radius 1 is 1.36 bits per heavy atom. The molecule has 1 aliphatic carbocycles. The van der Waals surface area contributed by atoms with Crippen molar-refractivity contribution in [1.29, 1.82) is 0 Å². The SMILES string of the molecule is COC1(NC(C)C)CC1(C)C. The maximum atomic E-state index is 5.46. The minimum absolute atomic E-state index is 0.0405. The van der Waals surface area contributed by atoms with Crippen LogP contribution in [0.15, 0.2) is 0 Å². The molecule has 1 N–H and O–H groups in total. The molecule has 2 nitrogen and oxygen atoms in total. The van der Waals surface area contributed by atoms with Gasteiger partial charge in [-0.15, -0.1) is 0 Å². The summed E-state index contributed by atoms with van der Waals surface area (Å²) >= 11 is 0. The fourth-order valence-electron chi connectivity index (χ4n) is 1.70. The standard InChI is InChI=1S/C9H19NO/c1-7(2)10-9(11-5)6-8(9,3)4/h7,10H,6H2,1-5H3. The summed E-state index contributed by atoms with van der Waals surface area (Å²) in [4.78, 5) is 0. The van der Waals surface area contributed by atoms with Crippen molar-refractivity contribution in [3.63, 3.8) is 0 Å². The van der Waals surface area contributed by atoms with Crippen molar-refractivity contribution in [2.75, 3.05) is 7.11 Å². The molecule has 0 aromatic heterocycles. The molecule has 0 aromatic rings. The third-order valence-electron chi connectivity index (χ3n) is 2.53. The highest BCUT2D eigenvalue weighted by Crippen LogP contribution is 2.56. The first-order valence-electron chi connectivity index (χ1n) is 4.26. The lowest BCUT2D eigenvalue weighted by Crippen LogP contribution is -2.41. The Labute approximate surface area is 69.3 Å². The van der Waals surface area contributed by atoms with Crippen molar-refractivity contribution in [2.45, 2.75) is 45.9 Å². The van der Waals surface area contributed by atoms with Gasteiger partial charge in [0.2, 0.25) is 0 Å². The Kier molecular flexibility index (Phi) is 2.01. The van der Waals surface area contributed by atoms with Crippen LogP contribution in [0.25, 0.3) is 0 Å². The van der Waals surface area contributed by atoms with Crippen molar-refractivity contribution >= 4 is 0 Å². The van der Waals surface area contributed by atoms with Crippen LogP contribution in [0.2, 0.25) is 0 Å². The van der Waals surface area contributed by atoms with E-state index in [0.717, 1.165) is 6.42 Å². The molecule has 0 saturated heterocycles. The third-order valence-corrected chi connectivity index (χ3v) is 2.53. The predicted octanol–water partition coefficient (Wildman–Crippen LogP) is 1.76. The van der Waals surface area contributed by atoms with E-state index >= 15 is 0 Å². The van der Waals surface area contributed by atoms with E-state index in [9.17, 15) is 0 Å². The van der Waals surface area contributed by atoms with Gasteiger partial charge in [-0.25, -0.2) is 0 Å². The first-order valence-corrected chi connectivity index (χ1v) is 4.26. The van der Waals surface area contributed by atoms with Crippen LogP contribution in [-0.2, 0) is 4.74 Å². The maximum absolute atomic E-state index is 5.46. The summed E-state index contributed by atoms with van der Waals surface area (Å²) in [5.74, 6) is 0. The van der Waals surface area contributed by atoms with E-state index in [1.165, 1.54) is 0 Å². The average molecular weight is 157 g/mol. The molecule has 2 heteroatoms. The second-order valence-corrected chi connectivity index (χ2v) is 4.39. The Morgan fingerprint density at radius 3 is 1.91 bits per heavy atom. The summed E-state index contributed by atoms with van der Waals surface area (Å²) in [6, 6.07) is 0.497. The number of hydrogen-bond acceptors (Lipinski definition) is 2. The van der Waals surface area contributed by atoms with Gasteiger partial charge in [-0.2, -0.15) is 0 Å². The first-order chi connectivity index (χ1) is 4.93. The fraction of sp³-hybridized carbons (Fsp3) is 1.00. The normalized spacial score (nSPS) is 34.4. The van der Waals surface area contributed by atoms with Gasteiger partial charge in [0.15, 0.2) is 0 Å². The minimum atomic E-state index is -0.0405. The minimum Gasteiger partial charge on any atom is -0.363 e. The molecule has 1 fully saturated rings. The molecule has 0 aromatic carbocycles. The zero-order chi connectivity index (χ0) is 8.70. The highest BCUT2D eigenvalue weighted by atomic mass is 16.5. The second kappa shape index (κ2) is 2.46. The molecular weight excluding hydrogens is 138 g/mol. The Balaban J connectivity index is 2.53. The van der Waals surface area contributed by atoms with Gasteiger partial charge in [0.05, 0.1) is 0 Å². The molecule has 1 unspecified atom stereocenters. The van der Waals surface area contributed by atoms with Gasteiger partial charge in [0.1, 0.15) is 5.72 Å². The number of hydrogen-bond donors (Lipinski definition) is 1. The monoisotopic (exact) mass is 157 g/mol. The molecule has 1 atom stereocenters. The van der Waals surface area contributed by atoms with Crippen molar-refractivity contribution in [2.24, 2.45) is 5.41 Å². The Hall–Kier alpha value is -0.0800. The summed E-state index contributed by atoms with van der Waals surface area (Å²) in [6.45, 7) is 8.75. The molecule has 0 aliphatic heterocycles. The van der Waals surface area contributed by atoms with E-state index < -0.39 is 0 Å². The maximum Gasteiger partial charge on any atom is 0.124 e. The molecule has 0 bridgehead atoms. The van der Waals surface area contributed by atoms with Crippen LogP contribution in [0.4, 0.5) is 0 Å². The van der Waals surface area contributed by atoms with Crippen LogP contribution in [0.5, 0.6) is 0 Å². The summed E-state index contributed by atoms with van der Waals surface area (Å²) in [5.41, 5.74) is 0.271. The molecule has 11 heavy (non-hydrogen) atoms. The van der Waals surface area contributed by atoms with Crippen molar-refractivity contribution in [3.05, 3.63) is 0 Å². The lowest BCUT2D eigenvalue weighted by atomic mass is 10.1. The number of methoxy groups -OCH3 is 1. The van der Waals surface area contributed by atoms with Gasteiger partial charge >= 0.3 is 0 Å². The molecule has 1 saturated carbocycles. The zero-order valence-electron chi connectivity index (χ0n) is 8.19. The summed E-state index contributed by atoms with van der Waals surface area (Å²) in [6.07, 6.45) is 1.12. The third kappa shape index (κ3) is 1.42. The molecule has 0 spiro atoms. The smallest absolute Gasteiger partial charge is 0.124 e. The van der Waals surface area contributed by atoms with E-state index in [0.29, 0.717) is 11.5 Å².